The van der Waals surface area contributed by atoms with E-state index in [-0.39, 0.29) is 5.91 Å². The molecule has 0 saturated heterocycles. The van der Waals surface area contributed by atoms with Gasteiger partial charge in [0.05, 0.1) is 18.4 Å². The zero-order chi connectivity index (χ0) is 19.8. The van der Waals surface area contributed by atoms with E-state index in [1.165, 1.54) is 5.56 Å². The third-order valence-electron chi connectivity index (χ3n) is 5.30. The SMILES string of the molecule is Cn1cnc2c(C(=O)N3CCc4nc(Cc5ccccc5)nn4CC3)ccnc21. The molecule has 0 unspecified atom stereocenters. The zero-order valence-corrected chi connectivity index (χ0v) is 16.2. The van der Waals surface area contributed by atoms with Crippen LogP contribution in [0.5, 0.6) is 0 Å². The van der Waals surface area contributed by atoms with E-state index in [0.29, 0.717) is 42.8 Å². The average Bonchev–Trinajstić information content (AvgIpc) is 3.25. The van der Waals surface area contributed by atoms with Gasteiger partial charge in [-0.05, 0) is 11.6 Å². The Morgan fingerprint density at radius 1 is 1.07 bits per heavy atom. The van der Waals surface area contributed by atoms with Crippen molar-refractivity contribution in [2.24, 2.45) is 7.05 Å². The first-order valence-electron chi connectivity index (χ1n) is 9.71. The first-order valence-corrected chi connectivity index (χ1v) is 9.71. The highest BCUT2D eigenvalue weighted by molar-refractivity contribution is 6.04. The number of aryl methyl sites for hydroxylation is 1. The lowest BCUT2D eigenvalue weighted by molar-refractivity contribution is 0.0760. The molecule has 3 aromatic heterocycles. The number of fused-ring (bicyclic) bond motifs is 2. The van der Waals surface area contributed by atoms with Crippen molar-refractivity contribution in [1.82, 2.24) is 34.2 Å². The van der Waals surface area contributed by atoms with Gasteiger partial charge in [-0.2, -0.15) is 5.10 Å². The summed E-state index contributed by atoms with van der Waals surface area (Å²) in [5.74, 6) is 1.74. The highest BCUT2D eigenvalue weighted by Gasteiger charge is 2.24. The summed E-state index contributed by atoms with van der Waals surface area (Å²) in [4.78, 5) is 28.4. The quantitative estimate of drug-likeness (QED) is 0.536. The molecule has 1 amide bonds. The van der Waals surface area contributed by atoms with E-state index in [9.17, 15) is 4.79 Å². The minimum absolute atomic E-state index is 0.0219. The molecule has 1 aliphatic heterocycles. The fourth-order valence-corrected chi connectivity index (χ4v) is 3.78. The van der Waals surface area contributed by atoms with Crippen LogP contribution in [0.15, 0.2) is 48.9 Å². The molecule has 8 heteroatoms. The molecule has 0 saturated carbocycles. The van der Waals surface area contributed by atoms with E-state index in [0.717, 1.165) is 18.1 Å². The Bertz CT molecular complexity index is 1150. The topological polar surface area (TPSA) is 81.7 Å². The van der Waals surface area contributed by atoms with Crippen LogP contribution in [0.3, 0.4) is 0 Å². The van der Waals surface area contributed by atoms with E-state index >= 15 is 0 Å². The normalized spacial score (nSPS) is 14.0. The van der Waals surface area contributed by atoms with Crippen molar-refractivity contribution >= 4 is 17.1 Å². The fraction of sp³-hybridized carbons (Fsp3) is 0.286. The average molecular weight is 387 g/mol. The Balaban J connectivity index is 1.33. The number of hydrogen-bond acceptors (Lipinski definition) is 5. The van der Waals surface area contributed by atoms with Crippen LogP contribution in [0, 0.1) is 0 Å². The van der Waals surface area contributed by atoms with Gasteiger partial charge in [-0.25, -0.2) is 19.6 Å². The van der Waals surface area contributed by atoms with Gasteiger partial charge in [0.15, 0.2) is 11.5 Å². The van der Waals surface area contributed by atoms with Crippen molar-refractivity contribution in [3.05, 3.63) is 71.7 Å². The molecule has 8 nitrogen and oxygen atoms in total. The lowest BCUT2D eigenvalue weighted by Crippen LogP contribution is -2.34. The molecule has 0 N–H and O–H groups in total. The van der Waals surface area contributed by atoms with E-state index in [4.69, 9.17) is 4.98 Å². The molecule has 1 aromatic carbocycles. The highest BCUT2D eigenvalue weighted by atomic mass is 16.2. The number of nitrogens with zero attached hydrogens (tertiary/aromatic N) is 7. The van der Waals surface area contributed by atoms with Crippen molar-refractivity contribution in [2.75, 3.05) is 13.1 Å². The van der Waals surface area contributed by atoms with Crippen LogP contribution < -0.4 is 0 Å². The fourth-order valence-electron chi connectivity index (χ4n) is 3.78. The second kappa shape index (κ2) is 7.12. The molecule has 0 aliphatic carbocycles. The Kier molecular flexibility index (Phi) is 4.31. The number of hydrogen-bond donors (Lipinski definition) is 0. The van der Waals surface area contributed by atoms with E-state index in [1.807, 2.05) is 39.4 Å². The summed E-state index contributed by atoms with van der Waals surface area (Å²) in [5, 5.41) is 4.67. The van der Waals surface area contributed by atoms with E-state index in [1.54, 1.807) is 18.6 Å². The van der Waals surface area contributed by atoms with Crippen molar-refractivity contribution in [3.8, 4) is 0 Å². The van der Waals surface area contributed by atoms with Crippen molar-refractivity contribution < 1.29 is 4.79 Å². The highest BCUT2D eigenvalue weighted by Crippen LogP contribution is 2.18. The summed E-state index contributed by atoms with van der Waals surface area (Å²) in [6.45, 7) is 1.84. The first-order chi connectivity index (χ1) is 14.2. The summed E-state index contributed by atoms with van der Waals surface area (Å²) in [6, 6.07) is 12.0. The molecule has 4 aromatic rings. The molecule has 0 bridgehead atoms. The second-order valence-electron chi connectivity index (χ2n) is 7.26. The van der Waals surface area contributed by atoms with Crippen molar-refractivity contribution in [2.45, 2.75) is 19.4 Å². The Labute approximate surface area is 167 Å². The number of carbonyl (C=O) groups excluding carboxylic acids is 1. The molecule has 29 heavy (non-hydrogen) atoms. The molecule has 0 atom stereocenters. The van der Waals surface area contributed by atoms with Crippen molar-refractivity contribution in [3.63, 3.8) is 0 Å². The lowest BCUT2D eigenvalue weighted by Gasteiger charge is -2.20. The summed E-state index contributed by atoms with van der Waals surface area (Å²) in [5.41, 5.74) is 3.14. The minimum Gasteiger partial charge on any atom is -0.336 e. The Morgan fingerprint density at radius 2 is 1.93 bits per heavy atom. The third-order valence-corrected chi connectivity index (χ3v) is 5.30. The predicted octanol–water partition coefficient (Wildman–Crippen LogP) is 1.85. The number of benzene rings is 1. The molecular weight excluding hydrogens is 366 g/mol. The van der Waals surface area contributed by atoms with Crippen LogP contribution in [0.1, 0.15) is 27.6 Å². The molecular formula is C21H21N7O. The Hall–Kier alpha value is -3.55. The number of rotatable bonds is 3. The van der Waals surface area contributed by atoms with Crippen LogP contribution in [-0.2, 0) is 26.4 Å². The second-order valence-corrected chi connectivity index (χ2v) is 7.26. The maximum atomic E-state index is 13.2. The van der Waals surface area contributed by atoms with Crippen LogP contribution >= 0.6 is 0 Å². The van der Waals surface area contributed by atoms with Gasteiger partial charge in [-0.15, -0.1) is 0 Å². The van der Waals surface area contributed by atoms with Gasteiger partial charge in [0.25, 0.3) is 5.91 Å². The molecule has 4 heterocycles. The zero-order valence-electron chi connectivity index (χ0n) is 16.2. The van der Waals surface area contributed by atoms with Gasteiger partial charge >= 0.3 is 0 Å². The smallest absolute Gasteiger partial charge is 0.256 e. The van der Waals surface area contributed by atoms with Crippen LogP contribution in [0.2, 0.25) is 0 Å². The molecule has 1 aliphatic rings. The first kappa shape index (κ1) is 17.5. The lowest BCUT2D eigenvalue weighted by atomic mass is 10.1. The summed E-state index contributed by atoms with van der Waals surface area (Å²) in [7, 11) is 1.88. The number of amides is 1. The third kappa shape index (κ3) is 3.26. The molecule has 0 spiro atoms. The Morgan fingerprint density at radius 3 is 2.79 bits per heavy atom. The number of pyridine rings is 1. The van der Waals surface area contributed by atoms with Crippen LogP contribution in [0.25, 0.3) is 11.2 Å². The van der Waals surface area contributed by atoms with E-state index < -0.39 is 0 Å². The van der Waals surface area contributed by atoms with Crippen molar-refractivity contribution in [1.29, 1.82) is 0 Å². The number of aromatic nitrogens is 6. The summed E-state index contributed by atoms with van der Waals surface area (Å²) in [6.07, 6.45) is 4.75. The van der Waals surface area contributed by atoms with Gasteiger partial charge in [0.1, 0.15) is 11.3 Å². The summed E-state index contributed by atoms with van der Waals surface area (Å²) < 4.78 is 3.76. The van der Waals surface area contributed by atoms with Gasteiger partial charge in [-0.3, -0.25) is 4.79 Å². The molecule has 0 radical (unpaired) electrons. The maximum absolute atomic E-state index is 13.2. The van der Waals surface area contributed by atoms with Crippen LogP contribution in [0.4, 0.5) is 0 Å². The molecule has 5 rings (SSSR count). The van der Waals surface area contributed by atoms with Gasteiger partial charge in [-0.1, -0.05) is 30.3 Å². The minimum atomic E-state index is -0.0219. The van der Waals surface area contributed by atoms with Gasteiger partial charge in [0, 0.05) is 39.2 Å². The van der Waals surface area contributed by atoms with Crippen LogP contribution in [-0.4, -0.2) is 53.2 Å². The maximum Gasteiger partial charge on any atom is 0.256 e. The molecule has 0 fully saturated rings. The largest absolute Gasteiger partial charge is 0.336 e. The van der Waals surface area contributed by atoms with Gasteiger partial charge < -0.3 is 9.47 Å². The number of carbonyl (C=O) groups is 1. The molecule has 146 valence electrons. The number of imidazole rings is 1. The predicted molar refractivity (Wildman–Crippen MR) is 107 cm³/mol. The standard InChI is InChI=1S/C21H21N7O/c1-26-14-23-19-16(7-9-22-20(19)26)21(29)27-10-8-18-24-17(25-28(18)12-11-27)13-15-5-3-2-4-6-15/h2-7,9,14H,8,10-13H2,1H3. The summed E-state index contributed by atoms with van der Waals surface area (Å²) >= 11 is 0. The van der Waals surface area contributed by atoms with Gasteiger partial charge in [0.2, 0.25) is 0 Å². The monoisotopic (exact) mass is 387 g/mol. The van der Waals surface area contributed by atoms with E-state index in [2.05, 4.69) is 27.2 Å².